The van der Waals surface area contributed by atoms with Crippen LogP contribution in [0.2, 0.25) is 0 Å². The highest BCUT2D eigenvalue weighted by Crippen LogP contribution is 2.31. The number of ether oxygens (including phenoxy) is 2. The van der Waals surface area contributed by atoms with Crippen molar-refractivity contribution in [3.05, 3.63) is 42.0 Å². The first-order valence-corrected chi connectivity index (χ1v) is 6.96. The van der Waals surface area contributed by atoms with Gasteiger partial charge in [-0.05, 0) is 17.7 Å². The predicted octanol–water partition coefficient (Wildman–Crippen LogP) is 1.56. The first-order valence-electron chi connectivity index (χ1n) is 6.96. The molecule has 0 fully saturated rings. The van der Waals surface area contributed by atoms with Crippen molar-refractivity contribution in [3.63, 3.8) is 0 Å². The summed E-state index contributed by atoms with van der Waals surface area (Å²) >= 11 is 0. The number of aryl methyl sites for hydroxylation is 1. The van der Waals surface area contributed by atoms with Gasteiger partial charge in [0.1, 0.15) is 18.3 Å². The van der Waals surface area contributed by atoms with E-state index in [1.54, 1.807) is 38.7 Å². The molecule has 1 heterocycles. The monoisotopic (exact) mass is 314 g/mol. The number of hydrogen-bond donors (Lipinski definition) is 1. The van der Waals surface area contributed by atoms with E-state index in [1.807, 2.05) is 23.8 Å². The number of rotatable bonds is 6. The number of aromatic nitrogens is 2. The van der Waals surface area contributed by atoms with Gasteiger partial charge in [0.05, 0.1) is 20.3 Å². The van der Waals surface area contributed by atoms with Crippen molar-refractivity contribution in [1.29, 1.82) is 5.26 Å². The van der Waals surface area contributed by atoms with Gasteiger partial charge in [0.2, 0.25) is 5.91 Å². The summed E-state index contributed by atoms with van der Waals surface area (Å²) in [5.74, 6) is 1.44. The van der Waals surface area contributed by atoms with Crippen molar-refractivity contribution in [3.8, 4) is 17.6 Å². The molecular formula is C16H18N4O3. The fourth-order valence-electron chi connectivity index (χ4n) is 2.27. The lowest BCUT2D eigenvalue weighted by Gasteiger charge is -2.20. The molecule has 120 valence electrons. The van der Waals surface area contributed by atoms with E-state index in [0.29, 0.717) is 17.3 Å². The van der Waals surface area contributed by atoms with E-state index in [2.05, 4.69) is 10.3 Å². The molecule has 7 nitrogen and oxygen atoms in total. The summed E-state index contributed by atoms with van der Waals surface area (Å²) in [6, 6.07) is 6.72. The van der Waals surface area contributed by atoms with Crippen molar-refractivity contribution >= 4 is 5.91 Å². The highest BCUT2D eigenvalue weighted by Gasteiger charge is 2.22. The Kier molecular flexibility index (Phi) is 5.20. The second-order valence-electron chi connectivity index (χ2n) is 4.85. The summed E-state index contributed by atoms with van der Waals surface area (Å²) in [7, 11) is 4.95. The second-order valence-corrected chi connectivity index (χ2v) is 4.85. The van der Waals surface area contributed by atoms with E-state index in [4.69, 9.17) is 14.7 Å². The Morgan fingerprint density at radius 2 is 2.13 bits per heavy atom. The molecule has 0 bridgehead atoms. The third-order valence-electron chi connectivity index (χ3n) is 3.40. The highest BCUT2D eigenvalue weighted by atomic mass is 16.5. The van der Waals surface area contributed by atoms with Gasteiger partial charge in [-0.25, -0.2) is 4.98 Å². The zero-order valence-electron chi connectivity index (χ0n) is 13.2. The Morgan fingerprint density at radius 3 is 2.70 bits per heavy atom. The van der Waals surface area contributed by atoms with Crippen LogP contribution in [0, 0.1) is 11.3 Å². The van der Waals surface area contributed by atoms with Gasteiger partial charge in [0.25, 0.3) is 0 Å². The van der Waals surface area contributed by atoms with Crippen molar-refractivity contribution in [2.75, 3.05) is 14.2 Å². The molecule has 7 heteroatoms. The molecule has 1 aromatic heterocycles. The summed E-state index contributed by atoms with van der Waals surface area (Å²) < 4.78 is 12.4. The van der Waals surface area contributed by atoms with E-state index < -0.39 is 6.04 Å². The zero-order chi connectivity index (χ0) is 16.8. The maximum atomic E-state index is 11.9. The van der Waals surface area contributed by atoms with Gasteiger partial charge in [-0.15, -0.1) is 0 Å². The van der Waals surface area contributed by atoms with E-state index in [0.717, 1.165) is 5.56 Å². The molecule has 1 amide bonds. The number of hydrogen-bond acceptors (Lipinski definition) is 5. The van der Waals surface area contributed by atoms with Crippen molar-refractivity contribution in [2.45, 2.75) is 12.5 Å². The third kappa shape index (κ3) is 3.61. The smallest absolute Gasteiger partial charge is 0.235 e. The molecule has 1 unspecified atom stereocenters. The molecule has 2 rings (SSSR count). The fraction of sp³-hybridized carbons (Fsp3) is 0.312. The van der Waals surface area contributed by atoms with Crippen LogP contribution in [0.3, 0.4) is 0 Å². The van der Waals surface area contributed by atoms with Gasteiger partial charge >= 0.3 is 0 Å². The first kappa shape index (κ1) is 16.4. The number of imidazole rings is 1. The average molecular weight is 314 g/mol. The molecule has 0 aliphatic carbocycles. The van der Waals surface area contributed by atoms with Crippen molar-refractivity contribution < 1.29 is 14.3 Å². The summed E-state index contributed by atoms with van der Waals surface area (Å²) in [4.78, 5) is 16.2. The van der Waals surface area contributed by atoms with E-state index in [1.165, 1.54) is 0 Å². The van der Waals surface area contributed by atoms with Gasteiger partial charge in [-0.2, -0.15) is 5.26 Å². The number of carbonyl (C=O) groups is 1. The quantitative estimate of drug-likeness (QED) is 0.874. The molecule has 0 aliphatic rings. The normalized spacial score (nSPS) is 11.4. The minimum atomic E-state index is -0.490. The topological polar surface area (TPSA) is 89.2 Å². The van der Waals surface area contributed by atoms with Crippen LogP contribution in [0.5, 0.6) is 11.5 Å². The third-order valence-corrected chi connectivity index (χ3v) is 3.40. The zero-order valence-corrected chi connectivity index (χ0v) is 13.2. The van der Waals surface area contributed by atoms with Gasteiger partial charge < -0.3 is 19.4 Å². The Balaban J connectivity index is 2.43. The number of carbonyl (C=O) groups excluding carboxylic acids is 1. The molecule has 0 aliphatic heterocycles. The molecule has 1 atom stereocenters. The van der Waals surface area contributed by atoms with Crippen LogP contribution in [-0.2, 0) is 11.8 Å². The summed E-state index contributed by atoms with van der Waals surface area (Å²) in [6.45, 7) is 0. The van der Waals surface area contributed by atoms with Crippen molar-refractivity contribution in [1.82, 2.24) is 14.9 Å². The number of methoxy groups -OCH3 is 2. The van der Waals surface area contributed by atoms with E-state index in [9.17, 15) is 4.79 Å². The van der Waals surface area contributed by atoms with E-state index >= 15 is 0 Å². The second kappa shape index (κ2) is 7.31. The molecular weight excluding hydrogens is 296 g/mol. The molecule has 0 spiro atoms. The van der Waals surface area contributed by atoms with Gasteiger partial charge in [0.15, 0.2) is 11.5 Å². The molecule has 2 aromatic rings. The van der Waals surface area contributed by atoms with Crippen molar-refractivity contribution in [2.24, 2.45) is 7.05 Å². The van der Waals surface area contributed by atoms with Crippen LogP contribution in [-0.4, -0.2) is 29.7 Å². The predicted molar refractivity (Wildman–Crippen MR) is 83.0 cm³/mol. The Labute approximate surface area is 134 Å². The Morgan fingerprint density at radius 1 is 1.39 bits per heavy atom. The molecule has 1 N–H and O–H groups in total. The van der Waals surface area contributed by atoms with Crippen LogP contribution in [0.15, 0.2) is 30.6 Å². The highest BCUT2D eigenvalue weighted by molar-refractivity contribution is 5.78. The molecule has 0 saturated carbocycles. The number of nitriles is 1. The minimum Gasteiger partial charge on any atom is -0.493 e. The first-order chi connectivity index (χ1) is 11.1. The SMILES string of the molecule is COc1ccc(C(NC(=O)CC#N)c2nccn2C)cc1OC. The summed E-state index contributed by atoms with van der Waals surface area (Å²) in [5, 5.41) is 11.5. The van der Waals surface area contributed by atoms with Gasteiger partial charge in [-0.3, -0.25) is 4.79 Å². The van der Waals surface area contributed by atoms with Crippen LogP contribution >= 0.6 is 0 Å². The number of nitrogens with one attached hydrogen (secondary N) is 1. The van der Waals surface area contributed by atoms with Crippen LogP contribution < -0.4 is 14.8 Å². The summed E-state index contributed by atoms with van der Waals surface area (Å²) in [6.07, 6.45) is 3.23. The van der Waals surface area contributed by atoms with Crippen LogP contribution in [0.25, 0.3) is 0 Å². The Bertz CT molecular complexity index is 733. The molecule has 0 radical (unpaired) electrons. The lowest BCUT2D eigenvalue weighted by atomic mass is 10.0. The molecule has 0 saturated heterocycles. The molecule has 23 heavy (non-hydrogen) atoms. The maximum absolute atomic E-state index is 11.9. The molecule has 1 aromatic carbocycles. The van der Waals surface area contributed by atoms with Gasteiger partial charge in [-0.1, -0.05) is 6.07 Å². The number of nitrogens with zero attached hydrogens (tertiary/aromatic N) is 3. The largest absolute Gasteiger partial charge is 0.493 e. The number of amides is 1. The lowest BCUT2D eigenvalue weighted by Crippen LogP contribution is -2.30. The minimum absolute atomic E-state index is 0.214. The van der Waals surface area contributed by atoms with E-state index in [-0.39, 0.29) is 12.3 Å². The fourth-order valence-corrected chi connectivity index (χ4v) is 2.27. The lowest BCUT2D eigenvalue weighted by molar-refractivity contribution is -0.120. The summed E-state index contributed by atoms with van der Waals surface area (Å²) in [5.41, 5.74) is 0.781. The number of benzene rings is 1. The van der Waals surface area contributed by atoms with Crippen LogP contribution in [0.4, 0.5) is 0 Å². The Hall–Kier alpha value is -3.01. The maximum Gasteiger partial charge on any atom is 0.235 e. The van der Waals surface area contributed by atoms with Gasteiger partial charge in [0, 0.05) is 19.4 Å². The average Bonchev–Trinajstić information content (AvgIpc) is 2.98. The standard InChI is InChI=1S/C16H18N4O3/c1-20-9-8-18-16(20)15(19-14(21)6-7-17)11-4-5-12(22-2)13(10-11)23-3/h4-5,8-10,15H,6H2,1-3H3,(H,19,21). The van der Waals surface area contributed by atoms with Crippen LogP contribution in [0.1, 0.15) is 23.9 Å².